The summed E-state index contributed by atoms with van der Waals surface area (Å²) >= 11 is 0. The number of β-lactam (4-membered cyclic amide) rings is 1. The van der Waals surface area contributed by atoms with Crippen LogP contribution in [0, 0.1) is 5.41 Å². The Labute approximate surface area is 141 Å². The molecule has 1 amide bonds. The summed E-state index contributed by atoms with van der Waals surface area (Å²) in [4.78, 5) is 14.5. The van der Waals surface area contributed by atoms with Crippen molar-refractivity contribution in [1.82, 2.24) is 4.31 Å². The fraction of sp³-hybridized carbons (Fsp3) is 0.562. The lowest BCUT2D eigenvalue weighted by Crippen LogP contribution is -2.65. The Kier molecular flexibility index (Phi) is 3.50. The molecular formula is C16H20N2O5S. The van der Waals surface area contributed by atoms with Crippen LogP contribution in [0.25, 0.3) is 0 Å². The highest BCUT2D eigenvalue weighted by atomic mass is 32.2. The minimum atomic E-state index is -3.17. The van der Waals surface area contributed by atoms with E-state index < -0.39 is 15.4 Å². The number of hydrogen-bond donors (Lipinski definition) is 0. The molecule has 0 bridgehead atoms. The van der Waals surface area contributed by atoms with Crippen LogP contribution in [-0.2, 0) is 14.8 Å². The van der Waals surface area contributed by atoms with Crippen LogP contribution >= 0.6 is 0 Å². The summed E-state index contributed by atoms with van der Waals surface area (Å²) in [6.45, 7) is 3.34. The van der Waals surface area contributed by atoms with E-state index in [0.717, 1.165) is 5.69 Å². The number of ether oxygens (including phenoxy) is 2. The molecule has 1 aromatic carbocycles. The van der Waals surface area contributed by atoms with Gasteiger partial charge in [-0.05, 0) is 31.9 Å². The monoisotopic (exact) mass is 352 g/mol. The first-order chi connectivity index (χ1) is 11.5. The van der Waals surface area contributed by atoms with Crippen LogP contribution in [0.2, 0.25) is 0 Å². The summed E-state index contributed by atoms with van der Waals surface area (Å²) in [5, 5.41) is 0. The van der Waals surface area contributed by atoms with Crippen molar-refractivity contribution < 1.29 is 22.7 Å². The van der Waals surface area contributed by atoms with Gasteiger partial charge in [0.05, 0.1) is 11.2 Å². The molecule has 1 aromatic rings. The zero-order valence-electron chi connectivity index (χ0n) is 13.5. The predicted molar refractivity (Wildman–Crippen MR) is 87.6 cm³/mol. The van der Waals surface area contributed by atoms with Gasteiger partial charge in [0.25, 0.3) is 0 Å². The van der Waals surface area contributed by atoms with Crippen LogP contribution in [0.3, 0.4) is 0 Å². The van der Waals surface area contributed by atoms with Gasteiger partial charge in [0, 0.05) is 31.4 Å². The number of nitrogens with zero attached hydrogens (tertiary/aromatic N) is 2. The minimum Gasteiger partial charge on any atom is -0.454 e. The van der Waals surface area contributed by atoms with Crippen LogP contribution in [0.1, 0.15) is 19.8 Å². The second-order valence-corrected chi connectivity index (χ2v) is 8.77. The van der Waals surface area contributed by atoms with Crippen molar-refractivity contribution in [2.75, 3.05) is 37.1 Å². The molecule has 0 unspecified atom stereocenters. The molecule has 1 spiro atoms. The maximum Gasteiger partial charge on any atom is 0.235 e. The van der Waals surface area contributed by atoms with Gasteiger partial charge in [0.2, 0.25) is 22.7 Å². The molecule has 24 heavy (non-hydrogen) atoms. The lowest BCUT2D eigenvalue weighted by molar-refractivity contribution is -0.137. The van der Waals surface area contributed by atoms with E-state index in [-0.39, 0.29) is 18.5 Å². The summed E-state index contributed by atoms with van der Waals surface area (Å²) in [5.74, 6) is 1.54. The van der Waals surface area contributed by atoms with E-state index in [1.165, 1.54) is 4.31 Å². The minimum absolute atomic E-state index is 0.0786. The van der Waals surface area contributed by atoms with Crippen LogP contribution in [0.15, 0.2) is 18.2 Å². The van der Waals surface area contributed by atoms with Gasteiger partial charge in [-0.1, -0.05) is 0 Å². The standard InChI is InChI=1S/C16H20N2O5S/c1-2-24(20,21)17-7-5-16(6-8-17)10-18(15(16)19)12-3-4-13-14(9-12)23-11-22-13/h3-4,9H,2,5-8,10-11H2,1H3. The van der Waals surface area contributed by atoms with Crippen molar-refractivity contribution >= 4 is 21.6 Å². The normalized spacial score (nSPS) is 22.7. The van der Waals surface area contributed by atoms with E-state index in [1.54, 1.807) is 11.8 Å². The Morgan fingerprint density at radius 2 is 1.88 bits per heavy atom. The molecule has 3 aliphatic rings. The number of carbonyl (C=O) groups is 1. The molecule has 0 aromatic heterocycles. The van der Waals surface area contributed by atoms with Crippen LogP contribution < -0.4 is 14.4 Å². The van der Waals surface area contributed by atoms with Crippen molar-refractivity contribution in [3.8, 4) is 11.5 Å². The average molecular weight is 352 g/mol. The van der Waals surface area contributed by atoms with E-state index in [9.17, 15) is 13.2 Å². The van der Waals surface area contributed by atoms with Gasteiger partial charge in [-0.3, -0.25) is 4.79 Å². The molecule has 2 fully saturated rings. The van der Waals surface area contributed by atoms with Gasteiger partial charge in [0.15, 0.2) is 11.5 Å². The Hall–Kier alpha value is -1.80. The third-order valence-corrected chi connectivity index (χ3v) is 7.15. The molecule has 0 aliphatic carbocycles. The largest absolute Gasteiger partial charge is 0.454 e. The molecule has 2 saturated heterocycles. The average Bonchev–Trinajstić information content (AvgIpc) is 3.07. The quantitative estimate of drug-likeness (QED) is 0.764. The predicted octanol–water partition coefficient (Wildman–Crippen LogP) is 1.19. The molecule has 0 radical (unpaired) electrons. The molecule has 7 nitrogen and oxygen atoms in total. The van der Waals surface area contributed by atoms with E-state index in [2.05, 4.69) is 0 Å². The van der Waals surface area contributed by atoms with Crippen molar-refractivity contribution in [1.29, 1.82) is 0 Å². The van der Waals surface area contributed by atoms with E-state index in [4.69, 9.17) is 9.47 Å². The topological polar surface area (TPSA) is 76.2 Å². The zero-order valence-corrected chi connectivity index (χ0v) is 14.3. The molecule has 130 valence electrons. The first-order valence-electron chi connectivity index (χ1n) is 8.15. The number of fused-ring (bicyclic) bond motifs is 1. The lowest BCUT2D eigenvalue weighted by atomic mass is 9.71. The molecular weight excluding hydrogens is 332 g/mol. The number of carbonyl (C=O) groups excluding carboxylic acids is 1. The van der Waals surface area contributed by atoms with Gasteiger partial charge >= 0.3 is 0 Å². The number of amides is 1. The molecule has 0 N–H and O–H groups in total. The first-order valence-corrected chi connectivity index (χ1v) is 9.76. The van der Waals surface area contributed by atoms with Gasteiger partial charge in [0.1, 0.15) is 0 Å². The Balaban J connectivity index is 1.45. The van der Waals surface area contributed by atoms with Crippen molar-refractivity contribution in [3.05, 3.63) is 18.2 Å². The molecule has 0 saturated carbocycles. The molecule has 0 atom stereocenters. The number of benzene rings is 1. The molecule has 8 heteroatoms. The lowest BCUT2D eigenvalue weighted by Gasteiger charge is -2.52. The van der Waals surface area contributed by atoms with Crippen molar-refractivity contribution in [2.45, 2.75) is 19.8 Å². The first kappa shape index (κ1) is 15.7. The number of rotatable bonds is 3. The Morgan fingerprint density at radius 3 is 2.54 bits per heavy atom. The van der Waals surface area contributed by atoms with Crippen LogP contribution in [0.4, 0.5) is 5.69 Å². The number of hydrogen-bond acceptors (Lipinski definition) is 5. The summed E-state index contributed by atoms with van der Waals surface area (Å²) in [6.07, 6.45) is 1.18. The highest BCUT2D eigenvalue weighted by Gasteiger charge is 2.54. The number of anilines is 1. The summed E-state index contributed by atoms with van der Waals surface area (Å²) in [5.41, 5.74) is 0.398. The fourth-order valence-corrected chi connectivity index (χ4v) is 4.75. The fourth-order valence-electron chi connectivity index (χ4n) is 3.65. The van der Waals surface area contributed by atoms with Crippen LogP contribution in [-0.4, -0.2) is 50.8 Å². The molecule has 3 aliphatic heterocycles. The number of sulfonamides is 1. The number of piperidine rings is 1. The third-order valence-electron chi connectivity index (χ3n) is 5.27. The van der Waals surface area contributed by atoms with E-state index >= 15 is 0 Å². The van der Waals surface area contributed by atoms with E-state index in [1.807, 2.05) is 18.2 Å². The van der Waals surface area contributed by atoms with Crippen LogP contribution in [0.5, 0.6) is 11.5 Å². The van der Waals surface area contributed by atoms with Gasteiger partial charge < -0.3 is 14.4 Å². The van der Waals surface area contributed by atoms with Gasteiger partial charge in [-0.25, -0.2) is 12.7 Å². The van der Waals surface area contributed by atoms with Crippen molar-refractivity contribution in [2.24, 2.45) is 5.41 Å². The SMILES string of the molecule is CCS(=O)(=O)N1CCC2(CC1)CN(c1ccc3c(c1)OCO3)C2=O. The maximum absolute atomic E-state index is 12.8. The summed E-state index contributed by atoms with van der Waals surface area (Å²) in [7, 11) is -3.17. The zero-order chi connectivity index (χ0) is 16.9. The third kappa shape index (κ3) is 2.28. The molecule has 4 rings (SSSR count). The molecule has 3 heterocycles. The van der Waals surface area contributed by atoms with Gasteiger partial charge in [-0.15, -0.1) is 0 Å². The summed E-state index contributed by atoms with van der Waals surface area (Å²) < 4.78 is 36.1. The summed E-state index contributed by atoms with van der Waals surface area (Å²) in [6, 6.07) is 5.49. The highest BCUT2D eigenvalue weighted by Crippen LogP contribution is 2.46. The van der Waals surface area contributed by atoms with Gasteiger partial charge in [-0.2, -0.15) is 0 Å². The Bertz CT molecular complexity index is 784. The van der Waals surface area contributed by atoms with E-state index in [0.29, 0.717) is 44.0 Å². The van der Waals surface area contributed by atoms with Crippen molar-refractivity contribution in [3.63, 3.8) is 0 Å². The maximum atomic E-state index is 12.8. The smallest absolute Gasteiger partial charge is 0.235 e. The Morgan fingerprint density at radius 1 is 1.17 bits per heavy atom. The second kappa shape index (κ2) is 5.35. The second-order valence-electron chi connectivity index (χ2n) is 6.51. The highest BCUT2D eigenvalue weighted by molar-refractivity contribution is 7.89.